The number of carbonyl (C=O) groups excluding carboxylic acids is 1. The number of anilines is 3. The molecule has 0 unspecified atom stereocenters. The quantitative estimate of drug-likeness (QED) is 0.405. The van der Waals surface area contributed by atoms with Gasteiger partial charge >= 0.3 is 12.2 Å². The fourth-order valence-electron chi connectivity index (χ4n) is 3.63. The Balaban J connectivity index is 1.48. The van der Waals surface area contributed by atoms with Crippen LogP contribution in [0.15, 0.2) is 24.4 Å². The molecule has 3 N–H and O–H groups in total. The zero-order valence-corrected chi connectivity index (χ0v) is 20.2. The Morgan fingerprint density at radius 2 is 1.94 bits per heavy atom. The van der Waals surface area contributed by atoms with E-state index < -0.39 is 23.6 Å². The molecule has 1 aromatic carbocycles. The molecule has 2 amide bonds. The van der Waals surface area contributed by atoms with Crippen molar-refractivity contribution in [1.29, 1.82) is 0 Å². The highest BCUT2D eigenvalue weighted by atomic mass is 32.1. The third-order valence-corrected chi connectivity index (χ3v) is 6.45. The fourth-order valence-corrected chi connectivity index (χ4v) is 4.58. The van der Waals surface area contributed by atoms with Gasteiger partial charge in [0.15, 0.2) is 10.9 Å². The molecule has 36 heavy (non-hydrogen) atoms. The Hall–Kier alpha value is -3.36. The van der Waals surface area contributed by atoms with Gasteiger partial charge in [0.1, 0.15) is 5.69 Å². The van der Waals surface area contributed by atoms with E-state index in [1.807, 2.05) is 4.90 Å². The number of ether oxygens (including phenoxy) is 1. The smallest absolute Gasteiger partial charge is 0.379 e. The van der Waals surface area contributed by atoms with Crippen molar-refractivity contribution in [1.82, 2.24) is 19.9 Å². The minimum absolute atomic E-state index is 0.0171. The number of aromatic nitrogens is 3. The van der Waals surface area contributed by atoms with Crippen LogP contribution in [0.3, 0.4) is 0 Å². The average molecular weight is 526 g/mol. The van der Waals surface area contributed by atoms with E-state index in [1.54, 1.807) is 14.0 Å². The molecule has 4 rings (SSSR count). The lowest BCUT2D eigenvalue weighted by Crippen LogP contribution is -2.36. The summed E-state index contributed by atoms with van der Waals surface area (Å²) < 4.78 is 60.7. The highest BCUT2D eigenvalue weighted by molar-refractivity contribution is 7.19. The molecule has 2 aromatic heterocycles. The lowest BCUT2D eigenvalue weighted by molar-refractivity contribution is -0.138. The molecular weight excluding hydrogens is 502 g/mol. The predicted molar refractivity (Wildman–Crippen MR) is 128 cm³/mol. The van der Waals surface area contributed by atoms with Gasteiger partial charge in [0.25, 0.3) is 0 Å². The number of urea groups is 1. The van der Waals surface area contributed by atoms with E-state index in [0.29, 0.717) is 36.9 Å². The molecule has 3 heterocycles. The molecule has 0 saturated carbocycles. The summed E-state index contributed by atoms with van der Waals surface area (Å²) >= 11 is 0.977. The second-order valence-electron chi connectivity index (χ2n) is 7.91. The number of halogens is 4. The zero-order chi connectivity index (χ0) is 25.9. The Morgan fingerprint density at radius 1 is 1.19 bits per heavy atom. The van der Waals surface area contributed by atoms with Crippen molar-refractivity contribution < 1.29 is 27.1 Å². The van der Waals surface area contributed by atoms with E-state index in [1.165, 1.54) is 12.1 Å². The highest BCUT2D eigenvalue weighted by Gasteiger charge is 2.34. The van der Waals surface area contributed by atoms with Crippen molar-refractivity contribution >= 4 is 34.1 Å². The van der Waals surface area contributed by atoms with Crippen LogP contribution < -0.4 is 16.0 Å². The summed E-state index contributed by atoms with van der Waals surface area (Å²) in [5, 5.41) is 7.73. The Morgan fingerprint density at radius 3 is 2.64 bits per heavy atom. The van der Waals surface area contributed by atoms with Crippen molar-refractivity contribution in [3.63, 3.8) is 0 Å². The molecule has 0 aliphatic carbocycles. The zero-order valence-electron chi connectivity index (χ0n) is 19.4. The number of carbonyl (C=O) groups is 1. The molecule has 0 bridgehead atoms. The number of hydrogen-bond donors (Lipinski definition) is 3. The number of benzene rings is 1. The standard InChI is InChI=1S/C22H23F4N7O2S/c1-12-18(17-16(23)10-28-19(27-2)31-17)36-21(29-12)32-20(34)30-14-4-3-13(15(9-14)22(24,25)26)11-33-5-7-35-8-6-33/h3-4,9-10H,5-8,11H2,1-2H3,(H,27,28,31)(H2,29,30,32,34). The van der Waals surface area contributed by atoms with Crippen LogP contribution in [0.4, 0.5) is 39.1 Å². The van der Waals surface area contributed by atoms with Gasteiger partial charge in [0, 0.05) is 32.4 Å². The summed E-state index contributed by atoms with van der Waals surface area (Å²) in [6, 6.07) is 2.89. The summed E-state index contributed by atoms with van der Waals surface area (Å²) in [6.07, 6.45) is -3.57. The van der Waals surface area contributed by atoms with Crippen LogP contribution in [0.5, 0.6) is 0 Å². The van der Waals surface area contributed by atoms with Gasteiger partial charge < -0.3 is 15.4 Å². The molecule has 192 valence electrons. The van der Waals surface area contributed by atoms with Crippen LogP contribution in [-0.2, 0) is 17.5 Å². The van der Waals surface area contributed by atoms with Gasteiger partial charge in [0.2, 0.25) is 5.95 Å². The summed E-state index contributed by atoms with van der Waals surface area (Å²) in [6.45, 7) is 3.78. The highest BCUT2D eigenvalue weighted by Crippen LogP contribution is 2.35. The molecule has 3 aromatic rings. The van der Waals surface area contributed by atoms with Gasteiger partial charge in [-0.1, -0.05) is 17.4 Å². The third kappa shape index (κ3) is 6.06. The second-order valence-corrected chi connectivity index (χ2v) is 8.91. The number of nitrogens with zero attached hydrogens (tertiary/aromatic N) is 4. The van der Waals surface area contributed by atoms with Crippen LogP contribution in [0, 0.1) is 12.7 Å². The number of amides is 2. The van der Waals surface area contributed by atoms with E-state index in [0.717, 1.165) is 23.6 Å². The SMILES string of the molecule is CNc1ncc(F)c(-c2sc(NC(=O)Nc3ccc(CN4CCOCC4)c(C(F)(F)F)c3)nc2C)n1. The molecule has 1 saturated heterocycles. The minimum Gasteiger partial charge on any atom is -0.379 e. The number of nitrogens with one attached hydrogen (secondary N) is 3. The van der Waals surface area contributed by atoms with Crippen LogP contribution in [-0.4, -0.2) is 59.2 Å². The molecular formula is C22H23F4N7O2S. The predicted octanol–water partition coefficient (Wildman–Crippen LogP) is 4.58. The normalized spacial score (nSPS) is 14.5. The minimum atomic E-state index is -4.59. The first kappa shape index (κ1) is 25.7. The summed E-state index contributed by atoms with van der Waals surface area (Å²) in [4.78, 5) is 26.9. The number of rotatable bonds is 6. The third-order valence-electron chi connectivity index (χ3n) is 5.37. The Labute approximate surface area is 207 Å². The molecule has 0 atom stereocenters. The number of thiazole rings is 1. The van der Waals surface area contributed by atoms with Crippen molar-refractivity contribution in [2.24, 2.45) is 0 Å². The van der Waals surface area contributed by atoms with Crippen molar-refractivity contribution in [3.8, 4) is 10.6 Å². The largest absolute Gasteiger partial charge is 0.416 e. The molecule has 0 spiro atoms. The summed E-state index contributed by atoms with van der Waals surface area (Å²) in [7, 11) is 1.59. The maximum Gasteiger partial charge on any atom is 0.416 e. The van der Waals surface area contributed by atoms with E-state index in [2.05, 4.69) is 30.9 Å². The number of morpholine rings is 1. The van der Waals surface area contributed by atoms with Gasteiger partial charge in [-0.3, -0.25) is 10.2 Å². The first-order valence-corrected chi connectivity index (χ1v) is 11.7. The van der Waals surface area contributed by atoms with Gasteiger partial charge in [-0.15, -0.1) is 0 Å². The van der Waals surface area contributed by atoms with Crippen molar-refractivity contribution in [2.45, 2.75) is 19.6 Å². The molecule has 9 nitrogen and oxygen atoms in total. The maximum atomic E-state index is 14.3. The second kappa shape index (κ2) is 10.7. The van der Waals surface area contributed by atoms with E-state index >= 15 is 0 Å². The monoisotopic (exact) mass is 525 g/mol. The van der Waals surface area contributed by atoms with E-state index in [-0.39, 0.29) is 34.6 Å². The summed E-state index contributed by atoms with van der Waals surface area (Å²) in [5.41, 5.74) is -0.299. The molecule has 14 heteroatoms. The van der Waals surface area contributed by atoms with Crippen molar-refractivity contribution in [2.75, 3.05) is 49.3 Å². The van der Waals surface area contributed by atoms with Crippen LogP contribution in [0.2, 0.25) is 0 Å². The lowest BCUT2D eigenvalue weighted by Gasteiger charge is -2.27. The maximum absolute atomic E-state index is 14.3. The van der Waals surface area contributed by atoms with Gasteiger partial charge in [-0.2, -0.15) is 13.2 Å². The van der Waals surface area contributed by atoms with Gasteiger partial charge in [-0.05, 0) is 24.6 Å². The molecule has 1 aliphatic heterocycles. The number of alkyl halides is 3. The number of hydrogen-bond acceptors (Lipinski definition) is 8. The van der Waals surface area contributed by atoms with Crippen LogP contribution >= 0.6 is 11.3 Å². The van der Waals surface area contributed by atoms with Crippen molar-refractivity contribution in [3.05, 3.63) is 47.0 Å². The lowest BCUT2D eigenvalue weighted by atomic mass is 10.0. The Bertz CT molecular complexity index is 1250. The average Bonchev–Trinajstić information content (AvgIpc) is 3.19. The fraction of sp³-hybridized carbons (Fsp3) is 0.364. The summed E-state index contributed by atoms with van der Waals surface area (Å²) in [5.74, 6) is -0.447. The molecule has 1 aliphatic rings. The van der Waals surface area contributed by atoms with E-state index in [9.17, 15) is 22.4 Å². The first-order valence-electron chi connectivity index (χ1n) is 10.9. The van der Waals surface area contributed by atoms with E-state index in [4.69, 9.17) is 4.74 Å². The van der Waals surface area contributed by atoms with Crippen LogP contribution in [0.25, 0.3) is 10.6 Å². The van der Waals surface area contributed by atoms with Crippen LogP contribution in [0.1, 0.15) is 16.8 Å². The topological polar surface area (TPSA) is 104 Å². The molecule has 0 radical (unpaired) electrons. The Kier molecular flexibility index (Phi) is 7.66. The first-order chi connectivity index (χ1) is 17.1. The number of aryl methyl sites for hydroxylation is 1. The van der Waals surface area contributed by atoms with Gasteiger partial charge in [0.05, 0.1) is 35.5 Å². The van der Waals surface area contributed by atoms with Gasteiger partial charge in [-0.25, -0.2) is 24.1 Å². The molecule has 1 fully saturated rings.